The zero-order chi connectivity index (χ0) is 23.5. The minimum absolute atomic E-state index is 0.0768. The van der Waals surface area contributed by atoms with Crippen molar-refractivity contribution in [3.8, 4) is 17.0 Å². The number of rotatable bonds is 8. The summed E-state index contributed by atoms with van der Waals surface area (Å²) in [4.78, 5) is 4.81. The van der Waals surface area contributed by atoms with Crippen LogP contribution in [0.3, 0.4) is 0 Å². The van der Waals surface area contributed by atoms with Crippen LogP contribution in [0.25, 0.3) is 16.9 Å². The van der Waals surface area contributed by atoms with Gasteiger partial charge in [-0.2, -0.15) is 9.61 Å². The zero-order valence-electron chi connectivity index (χ0n) is 19.1. The highest BCUT2D eigenvalue weighted by atomic mass is 31.1. The van der Waals surface area contributed by atoms with Gasteiger partial charge in [-0.3, -0.25) is 0 Å². The smallest absolute Gasteiger partial charge is 0.165 e. The van der Waals surface area contributed by atoms with E-state index in [0.717, 1.165) is 53.2 Å². The molecule has 7 nitrogen and oxygen atoms in total. The molecule has 0 amide bonds. The van der Waals surface area contributed by atoms with Crippen LogP contribution >= 0.6 is 8.58 Å². The van der Waals surface area contributed by atoms with Gasteiger partial charge in [-0.15, -0.1) is 0 Å². The third-order valence-corrected chi connectivity index (χ3v) is 6.84. The molecule has 1 saturated heterocycles. The Hall–Kier alpha value is -3.41. The number of nitrogens with one attached hydrogen (secondary N) is 2. The number of fused-ring (bicyclic) bond motifs is 1. The standard InChI is InChI=1S/C26H28N5O2P/c1-17(23-11-6-12-33-23)29-19-8-5-7-18(13-19)15-27-25-14-21(20-9-3-4-10-22(20)32)30-26-24(34-2)16-28-31(25)26/h3-5,7-10,13-14,16,23,27,29,32,34H,1,6,11-12,15H2,2H3. The number of hydrogen-bond acceptors (Lipinski definition) is 6. The molecule has 2 aromatic carbocycles. The second-order valence-electron chi connectivity index (χ2n) is 8.29. The largest absolute Gasteiger partial charge is 0.507 e. The third-order valence-electron chi connectivity index (χ3n) is 5.95. The minimum atomic E-state index is 0.0768. The molecular weight excluding hydrogens is 445 g/mol. The Kier molecular flexibility index (Phi) is 6.48. The molecule has 0 saturated carbocycles. The van der Waals surface area contributed by atoms with Crippen molar-refractivity contribution in [1.82, 2.24) is 14.6 Å². The quantitative estimate of drug-likeness (QED) is 0.320. The van der Waals surface area contributed by atoms with Crippen molar-refractivity contribution in [2.75, 3.05) is 23.9 Å². The van der Waals surface area contributed by atoms with Gasteiger partial charge < -0.3 is 20.5 Å². The lowest BCUT2D eigenvalue weighted by Gasteiger charge is -2.16. The summed E-state index contributed by atoms with van der Waals surface area (Å²) in [5.41, 5.74) is 5.20. The maximum atomic E-state index is 10.4. The van der Waals surface area contributed by atoms with Gasteiger partial charge >= 0.3 is 0 Å². The molecule has 1 fully saturated rings. The monoisotopic (exact) mass is 473 g/mol. The number of aromatic hydroxyl groups is 1. The summed E-state index contributed by atoms with van der Waals surface area (Å²) in [6, 6.07) is 17.4. The molecule has 0 aliphatic carbocycles. The SMILES string of the molecule is C=C(Nc1cccc(CNc2cc(-c3ccccc3O)nc3c(PC)cnn23)c1)C1CCCO1. The Labute approximate surface area is 200 Å². The molecule has 2 aromatic heterocycles. The maximum Gasteiger partial charge on any atom is 0.165 e. The lowest BCUT2D eigenvalue weighted by molar-refractivity contribution is 0.138. The van der Waals surface area contributed by atoms with Crippen molar-refractivity contribution in [1.29, 1.82) is 0 Å². The van der Waals surface area contributed by atoms with Crippen molar-refractivity contribution in [3.05, 3.63) is 78.6 Å². The molecular formula is C26H28N5O2P. The fraction of sp³-hybridized carbons (Fsp3) is 0.231. The predicted octanol–water partition coefficient (Wildman–Crippen LogP) is 4.75. The van der Waals surface area contributed by atoms with Crippen LogP contribution in [0.4, 0.5) is 11.5 Å². The van der Waals surface area contributed by atoms with E-state index in [-0.39, 0.29) is 11.9 Å². The molecule has 174 valence electrons. The topological polar surface area (TPSA) is 83.7 Å². The summed E-state index contributed by atoms with van der Waals surface area (Å²) in [5.74, 6) is 1.02. The van der Waals surface area contributed by atoms with E-state index in [2.05, 4.69) is 41.1 Å². The second-order valence-corrected chi connectivity index (χ2v) is 9.33. The molecule has 0 radical (unpaired) electrons. The van der Waals surface area contributed by atoms with Crippen LogP contribution in [0.15, 0.2) is 73.1 Å². The summed E-state index contributed by atoms with van der Waals surface area (Å²) in [5, 5.41) is 22.9. The molecule has 2 atom stereocenters. The Morgan fingerprint density at radius 2 is 2.12 bits per heavy atom. The van der Waals surface area contributed by atoms with Gasteiger partial charge in [0.05, 0.1) is 18.0 Å². The van der Waals surface area contributed by atoms with Crippen LogP contribution in [-0.2, 0) is 11.3 Å². The molecule has 0 spiro atoms. The number of phenolic OH excluding ortho intramolecular Hbond substituents is 1. The number of hydrogen-bond donors (Lipinski definition) is 3. The number of phenols is 1. The van der Waals surface area contributed by atoms with Crippen molar-refractivity contribution >= 4 is 31.0 Å². The van der Waals surface area contributed by atoms with Gasteiger partial charge in [0.2, 0.25) is 0 Å². The Bertz CT molecular complexity index is 1330. The first-order valence-electron chi connectivity index (χ1n) is 11.4. The van der Waals surface area contributed by atoms with Crippen LogP contribution in [0.1, 0.15) is 18.4 Å². The van der Waals surface area contributed by atoms with E-state index in [4.69, 9.17) is 9.72 Å². The lowest BCUT2D eigenvalue weighted by atomic mass is 10.1. The molecule has 0 bridgehead atoms. The highest BCUT2D eigenvalue weighted by Crippen LogP contribution is 2.30. The number of nitrogens with zero attached hydrogens (tertiary/aromatic N) is 3. The highest BCUT2D eigenvalue weighted by Gasteiger charge is 2.19. The number of aromatic nitrogens is 3. The first-order valence-corrected chi connectivity index (χ1v) is 12.9. The molecule has 1 aliphatic rings. The van der Waals surface area contributed by atoms with E-state index < -0.39 is 0 Å². The maximum absolute atomic E-state index is 10.4. The molecule has 34 heavy (non-hydrogen) atoms. The van der Waals surface area contributed by atoms with Crippen molar-refractivity contribution in [3.63, 3.8) is 0 Å². The number of benzene rings is 2. The summed E-state index contributed by atoms with van der Waals surface area (Å²) >= 11 is 0. The van der Waals surface area contributed by atoms with Gasteiger partial charge in [-0.05, 0) is 49.3 Å². The summed E-state index contributed by atoms with van der Waals surface area (Å²) in [6.07, 6.45) is 4.02. The average molecular weight is 474 g/mol. The average Bonchev–Trinajstić information content (AvgIpc) is 3.53. The van der Waals surface area contributed by atoms with Crippen LogP contribution in [0.2, 0.25) is 0 Å². The van der Waals surface area contributed by atoms with E-state index in [1.165, 1.54) is 0 Å². The number of anilines is 2. The molecule has 4 aromatic rings. The van der Waals surface area contributed by atoms with Crippen LogP contribution in [0.5, 0.6) is 5.75 Å². The number of ether oxygens (including phenoxy) is 1. The van der Waals surface area contributed by atoms with Gasteiger partial charge in [-0.1, -0.05) is 39.4 Å². The first kappa shape index (κ1) is 22.4. The van der Waals surface area contributed by atoms with Gasteiger partial charge in [0.25, 0.3) is 0 Å². The van der Waals surface area contributed by atoms with Gasteiger partial charge in [-0.25, -0.2) is 4.98 Å². The van der Waals surface area contributed by atoms with Crippen LogP contribution < -0.4 is 15.9 Å². The zero-order valence-corrected chi connectivity index (χ0v) is 20.1. The van der Waals surface area contributed by atoms with Gasteiger partial charge in [0.1, 0.15) is 11.6 Å². The molecule has 3 N–H and O–H groups in total. The lowest BCUT2D eigenvalue weighted by Crippen LogP contribution is -2.15. The van der Waals surface area contributed by atoms with Gasteiger partial charge in [0, 0.05) is 41.5 Å². The summed E-state index contributed by atoms with van der Waals surface area (Å²) < 4.78 is 7.55. The number of para-hydroxylation sites is 1. The Balaban J connectivity index is 1.40. The molecule has 1 aliphatic heterocycles. The molecule has 2 unspecified atom stereocenters. The molecule has 5 rings (SSSR count). The minimum Gasteiger partial charge on any atom is -0.507 e. The fourth-order valence-corrected chi connectivity index (χ4v) is 4.74. The van der Waals surface area contributed by atoms with Crippen molar-refractivity contribution < 1.29 is 9.84 Å². The third kappa shape index (κ3) is 4.63. The normalized spacial score (nSPS) is 15.9. The predicted molar refractivity (Wildman–Crippen MR) is 139 cm³/mol. The second kappa shape index (κ2) is 9.84. The Morgan fingerprint density at radius 1 is 1.24 bits per heavy atom. The molecule has 3 heterocycles. The highest BCUT2D eigenvalue weighted by molar-refractivity contribution is 7.46. The van der Waals surface area contributed by atoms with Gasteiger partial charge in [0.15, 0.2) is 5.65 Å². The van der Waals surface area contributed by atoms with Crippen molar-refractivity contribution in [2.24, 2.45) is 0 Å². The summed E-state index contributed by atoms with van der Waals surface area (Å²) in [6.45, 7) is 7.67. The van der Waals surface area contributed by atoms with E-state index >= 15 is 0 Å². The summed E-state index contributed by atoms with van der Waals surface area (Å²) in [7, 11) is 0.565. The van der Waals surface area contributed by atoms with E-state index in [9.17, 15) is 5.11 Å². The van der Waals surface area contributed by atoms with Crippen LogP contribution in [0, 0.1) is 0 Å². The van der Waals surface area contributed by atoms with E-state index in [1.54, 1.807) is 6.07 Å². The van der Waals surface area contributed by atoms with Crippen molar-refractivity contribution in [2.45, 2.75) is 25.5 Å². The van der Waals surface area contributed by atoms with E-state index in [0.29, 0.717) is 26.4 Å². The van der Waals surface area contributed by atoms with Crippen LogP contribution in [-0.4, -0.2) is 39.1 Å². The first-order chi connectivity index (χ1) is 16.6. The van der Waals surface area contributed by atoms with E-state index in [1.807, 2.05) is 47.1 Å². The Morgan fingerprint density at radius 3 is 2.91 bits per heavy atom. The molecule has 8 heteroatoms. The fourth-order valence-electron chi connectivity index (χ4n) is 4.16.